The maximum atomic E-state index is 2.35. The van der Waals surface area contributed by atoms with E-state index < -0.39 is 0 Å². The van der Waals surface area contributed by atoms with Crippen LogP contribution in [-0.2, 0) is 0 Å². The summed E-state index contributed by atoms with van der Waals surface area (Å²) in [5.41, 5.74) is 13.6. The zero-order chi connectivity index (χ0) is 17.7. The molecule has 0 atom stereocenters. The maximum absolute atomic E-state index is 2.35. The zero-order valence-electron chi connectivity index (χ0n) is 15.2. The Balaban J connectivity index is 1.69. The predicted octanol–water partition coefficient (Wildman–Crippen LogP) is 6.76. The molecule has 3 aromatic rings. The summed E-state index contributed by atoms with van der Waals surface area (Å²) < 4.78 is 0. The molecule has 0 spiro atoms. The van der Waals surface area contributed by atoms with Gasteiger partial charge in [-0.15, -0.1) is 0 Å². The summed E-state index contributed by atoms with van der Waals surface area (Å²) in [5.74, 6) is 0. The SMILES string of the molecule is Cc1ccc(C2=C(c3cccc4c3[CH]c3ccccc3-4)CC=C2)c(C)c1. The number of fused-ring (bicyclic) bond motifs is 3. The van der Waals surface area contributed by atoms with Gasteiger partial charge in [-0.05, 0) is 70.4 Å². The Labute approximate surface area is 155 Å². The van der Waals surface area contributed by atoms with Gasteiger partial charge in [0, 0.05) is 6.42 Å². The van der Waals surface area contributed by atoms with E-state index in [0.29, 0.717) is 0 Å². The van der Waals surface area contributed by atoms with Gasteiger partial charge in [0.2, 0.25) is 0 Å². The van der Waals surface area contributed by atoms with Gasteiger partial charge in [-0.2, -0.15) is 0 Å². The van der Waals surface area contributed by atoms with Gasteiger partial charge in [0.15, 0.2) is 0 Å². The summed E-state index contributed by atoms with van der Waals surface area (Å²) >= 11 is 0. The summed E-state index contributed by atoms with van der Waals surface area (Å²) in [5, 5.41) is 0. The van der Waals surface area contributed by atoms with Crippen LogP contribution in [0.4, 0.5) is 0 Å². The third kappa shape index (κ3) is 2.29. The van der Waals surface area contributed by atoms with Gasteiger partial charge in [-0.25, -0.2) is 0 Å². The van der Waals surface area contributed by atoms with E-state index in [1.807, 2.05) is 0 Å². The molecule has 26 heavy (non-hydrogen) atoms. The first-order valence-electron chi connectivity index (χ1n) is 9.27. The largest absolute Gasteiger partial charge is 0.0795 e. The Morgan fingerprint density at radius 3 is 2.42 bits per heavy atom. The van der Waals surface area contributed by atoms with Crippen LogP contribution in [0.1, 0.15) is 39.8 Å². The molecule has 2 aliphatic rings. The zero-order valence-corrected chi connectivity index (χ0v) is 15.2. The fourth-order valence-electron chi connectivity index (χ4n) is 4.37. The van der Waals surface area contributed by atoms with Crippen LogP contribution in [0.3, 0.4) is 0 Å². The van der Waals surface area contributed by atoms with E-state index in [1.165, 1.54) is 55.7 Å². The minimum atomic E-state index is 1.00. The monoisotopic (exact) mass is 333 g/mol. The lowest BCUT2D eigenvalue weighted by Crippen LogP contribution is -1.94. The molecule has 0 fully saturated rings. The van der Waals surface area contributed by atoms with Crippen LogP contribution >= 0.6 is 0 Å². The molecular formula is C26H21. The van der Waals surface area contributed by atoms with E-state index in [-0.39, 0.29) is 0 Å². The topological polar surface area (TPSA) is 0 Å². The third-order valence-corrected chi connectivity index (χ3v) is 5.59. The predicted molar refractivity (Wildman–Crippen MR) is 111 cm³/mol. The van der Waals surface area contributed by atoms with Crippen molar-refractivity contribution < 1.29 is 0 Å². The summed E-state index contributed by atoms with van der Waals surface area (Å²) in [4.78, 5) is 0. The van der Waals surface area contributed by atoms with Crippen LogP contribution < -0.4 is 0 Å². The minimum Gasteiger partial charge on any atom is -0.0795 e. The highest BCUT2D eigenvalue weighted by molar-refractivity contribution is 6.02. The fraction of sp³-hybridized carbons (Fsp3) is 0.115. The second kappa shape index (κ2) is 5.85. The van der Waals surface area contributed by atoms with Gasteiger partial charge in [0.25, 0.3) is 0 Å². The summed E-state index contributed by atoms with van der Waals surface area (Å²) in [6.45, 7) is 4.38. The van der Waals surface area contributed by atoms with Crippen molar-refractivity contribution in [1.29, 1.82) is 0 Å². The van der Waals surface area contributed by atoms with Crippen LogP contribution in [0.15, 0.2) is 72.8 Å². The molecule has 0 nitrogen and oxygen atoms in total. The number of hydrogen-bond donors (Lipinski definition) is 0. The summed E-state index contributed by atoms with van der Waals surface area (Å²) in [7, 11) is 0. The van der Waals surface area contributed by atoms with E-state index in [1.54, 1.807) is 0 Å². The van der Waals surface area contributed by atoms with Gasteiger partial charge in [0.05, 0.1) is 0 Å². The molecule has 0 heteroatoms. The summed E-state index contributed by atoms with van der Waals surface area (Å²) in [6, 6.07) is 22.2. The molecule has 125 valence electrons. The second-order valence-electron chi connectivity index (χ2n) is 7.32. The van der Waals surface area contributed by atoms with Gasteiger partial charge in [0.1, 0.15) is 0 Å². The van der Waals surface area contributed by atoms with Crippen molar-refractivity contribution in [3.05, 3.63) is 113 Å². The number of rotatable bonds is 2. The van der Waals surface area contributed by atoms with E-state index in [4.69, 9.17) is 0 Å². The lowest BCUT2D eigenvalue weighted by molar-refractivity contribution is 1.35. The van der Waals surface area contributed by atoms with Crippen LogP contribution in [-0.4, -0.2) is 0 Å². The Hall–Kier alpha value is -2.86. The fourth-order valence-corrected chi connectivity index (χ4v) is 4.37. The quantitative estimate of drug-likeness (QED) is 0.380. The molecule has 0 saturated heterocycles. The van der Waals surface area contributed by atoms with Gasteiger partial charge in [-0.1, -0.05) is 78.4 Å². The van der Waals surface area contributed by atoms with Crippen molar-refractivity contribution in [3.8, 4) is 11.1 Å². The van der Waals surface area contributed by atoms with Crippen molar-refractivity contribution in [3.63, 3.8) is 0 Å². The Bertz CT molecular complexity index is 1090. The van der Waals surface area contributed by atoms with E-state index in [0.717, 1.165) is 6.42 Å². The van der Waals surface area contributed by atoms with Crippen molar-refractivity contribution in [2.75, 3.05) is 0 Å². The van der Waals surface area contributed by atoms with Crippen LogP contribution in [0.2, 0.25) is 0 Å². The van der Waals surface area contributed by atoms with Crippen molar-refractivity contribution >= 4 is 11.1 Å². The lowest BCUT2D eigenvalue weighted by atomic mass is 9.89. The van der Waals surface area contributed by atoms with Crippen molar-refractivity contribution in [1.82, 2.24) is 0 Å². The maximum Gasteiger partial charge on any atom is 0.0218 e. The molecule has 0 aliphatic heterocycles. The van der Waals surface area contributed by atoms with Crippen molar-refractivity contribution in [2.45, 2.75) is 20.3 Å². The van der Waals surface area contributed by atoms with E-state index in [9.17, 15) is 0 Å². The highest BCUT2D eigenvalue weighted by Crippen LogP contribution is 2.45. The Kier molecular flexibility index (Phi) is 3.46. The average Bonchev–Trinajstić information content (AvgIpc) is 3.26. The molecule has 0 heterocycles. The molecule has 0 unspecified atom stereocenters. The third-order valence-electron chi connectivity index (χ3n) is 5.59. The van der Waals surface area contributed by atoms with Crippen molar-refractivity contribution in [2.24, 2.45) is 0 Å². The smallest absolute Gasteiger partial charge is 0.0218 e. The van der Waals surface area contributed by atoms with E-state index in [2.05, 4.69) is 93.1 Å². The first-order valence-corrected chi connectivity index (χ1v) is 9.27. The number of benzene rings is 3. The lowest BCUT2D eigenvalue weighted by Gasteiger charge is -2.14. The first kappa shape index (κ1) is 15.4. The van der Waals surface area contributed by atoms with Gasteiger partial charge >= 0.3 is 0 Å². The Morgan fingerprint density at radius 1 is 0.731 bits per heavy atom. The first-order chi connectivity index (χ1) is 12.7. The van der Waals surface area contributed by atoms with Crippen LogP contribution in [0.5, 0.6) is 0 Å². The minimum absolute atomic E-state index is 1.00. The molecule has 0 amide bonds. The Morgan fingerprint density at radius 2 is 1.54 bits per heavy atom. The van der Waals surface area contributed by atoms with Crippen LogP contribution in [0.25, 0.3) is 22.3 Å². The standard InChI is InChI=1S/C26H21/c1-17-13-14-20(18(2)15-17)22-9-5-11-24(22)25-12-6-10-23-21-8-4-3-7-19(21)16-26(23)25/h3-10,12-16H,11H2,1-2H3. The molecule has 0 bridgehead atoms. The highest BCUT2D eigenvalue weighted by Gasteiger charge is 2.24. The van der Waals surface area contributed by atoms with E-state index >= 15 is 0 Å². The second-order valence-corrected chi connectivity index (χ2v) is 7.32. The molecule has 5 rings (SSSR count). The molecule has 0 N–H and O–H groups in total. The molecule has 3 aromatic carbocycles. The number of allylic oxidation sites excluding steroid dienone is 4. The van der Waals surface area contributed by atoms with Gasteiger partial charge in [-0.3, -0.25) is 0 Å². The summed E-state index contributed by atoms with van der Waals surface area (Å²) in [6.07, 6.45) is 7.95. The molecule has 2 aliphatic carbocycles. The molecule has 0 aromatic heterocycles. The van der Waals surface area contributed by atoms with Crippen LogP contribution in [0, 0.1) is 20.3 Å². The molecular weight excluding hydrogens is 312 g/mol. The number of hydrogen-bond acceptors (Lipinski definition) is 0. The normalized spacial score (nSPS) is 14.7. The highest BCUT2D eigenvalue weighted by atomic mass is 14.3. The number of aryl methyl sites for hydroxylation is 2. The molecule has 0 saturated carbocycles. The molecule has 1 radical (unpaired) electrons. The average molecular weight is 333 g/mol. The van der Waals surface area contributed by atoms with Gasteiger partial charge < -0.3 is 0 Å².